The molecule has 1 aliphatic heterocycles. The second-order valence-corrected chi connectivity index (χ2v) is 9.84. The number of aromatic amines is 1. The Balaban J connectivity index is 1.88. The average molecular weight is 399 g/mol. The van der Waals surface area contributed by atoms with Gasteiger partial charge in [-0.1, -0.05) is 0 Å². The molecule has 8 heteroatoms. The van der Waals surface area contributed by atoms with E-state index in [2.05, 4.69) is 11.1 Å². The van der Waals surface area contributed by atoms with Gasteiger partial charge in [0, 0.05) is 22.5 Å². The molecule has 0 aliphatic carbocycles. The Morgan fingerprint density at radius 2 is 2.00 bits per heavy atom. The summed E-state index contributed by atoms with van der Waals surface area (Å²) >= 11 is 1.43. The fourth-order valence-electron chi connectivity index (χ4n) is 3.75. The summed E-state index contributed by atoms with van der Waals surface area (Å²) in [6.07, 6.45) is 2.98. The third kappa shape index (κ3) is 3.13. The van der Waals surface area contributed by atoms with Crippen molar-refractivity contribution in [2.24, 2.45) is 5.73 Å². The molecule has 0 saturated carbocycles. The van der Waals surface area contributed by atoms with Crippen molar-refractivity contribution in [3.8, 4) is 17.2 Å². The van der Waals surface area contributed by atoms with Crippen molar-refractivity contribution in [2.45, 2.75) is 18.8 Å². The number of amides is 1. The molecule has 6 nitrogen and oxygen atoms in total. The van der Waals surface area contributed by atoms with Crippen LogP contribution in [0.2, 0.25) is 0 Å². The number of rotatable bonds is 3. The van der Waals surface area contributed by atoms with Crippen molar-refractivity contribution in [2.75, 3.05) is 11.5 Å². The van der Waals surface area contributed by atoms with Crippen LogP contribution in [0.5, 0.6) is 0 Å². The van der Waals surface area contributed by atoms with Gasteiger partial charge in [-0.15, -0.1) is 0 Å². The highest BCUT2D eigenvalue weighted by Gasteiger charge is 2.27. The number of primary amides is 1. The average Bonchev–Trinajstić information content (AvgIpc) is 3.27. The summed E-state index contributed by atoms with van der Waals surface area (Å²) in [6.45, 7) is 0. The Hall–Kier alpha value is -2.63. The molecule has 0 bridgehead atoms. The molecule has 4 rings (SSSR count). The normalized spacial score (nSPS) is 17.0. The fraction of sp³-hybridized carbons (Fsp3) is 0.263. The summed E-state index contributed by atoms with van der Waals surface area (Å²) < 4.78 is 23.5. The summed E-state index contributed by atoms with van der Waals surface area (Å²) in [5.41, 5.74) is 9.70. The van der Waals surface area contributed by atoms with E-state index in [9.17, 15) is 18.5 Å². The number of hydrogen-bond acceptors (Lipinski definition) is 5. The molecule has 3 heterocycles. The second-order valence-electron chi connectivity index (χ2n) is 6.79. The topological polar surface area (TPSA) is 117 Å². The SMILES string of the molecule is N#Cc1cscc1-c1cc(C(N)=O)c2[nH]cc(C3CCS(=O)(=O)CC3)c2c1. The van der Waals surface area contributed by atoms with Gasteiger partial charge in [-0.3, -0.25) is 4.79 Å². The highest BCUT2D eigenvalue weighted by Crippen LogP contribution is 2.38. The first-order valence-corrected chi connectivity index (χ1v) is 11.3. The van der Waals surface area contributed by atoms with Crippen molar-refractivity contribution in [3.05, 3.63) is 45.8 Å². The molecule has 3 aromatic rings. The van der Waals surface area contributed by atoms with Crippen LogP contribution >= 0.6 is 11.3 Å². The van der Waals surface area contributed by atoms with Gasteiger partial charge in [-0.2, -0.15) is 16.6 Å². The maximum Gasteiger partial charge on any atom is 0.250 e. The third-order valence-electron chi connectivity index (χ3n) is 5.17. The minimum atomic E-state index is -2.95. The summed E-state index contributed by atoms with van der Waals surface area (Å²) in [4.78, 5) is 15.2. The summed E-state index contributed by atoms with van der Waals surface area (Å²) in [6, 6.07) is 5.84. The molecule has 2 aromatic heterocycles. The Morgan fingerprint density at radius 3 is 2.67 bits per heavy atom. The molecule has 3 N–H and O–H groups in total. The minimum absolute atomic E-state index is 0.108. The maximum absolute atomic E-state index is 12.0. The van der Waals surface area contributed by atoms with Gasteiger partial charge in [-0.05, 0) is 47.4 Å². The minimum Gasteiger partial charge on any atom is -0.366 e. The number of thiophene rings is 1. The van der Waals surface area contributed by atoms with Crippen molar-refractivity contribution >= 4 is 38.0 Å². The predicted octanol–water partition coefficient (Wildman–Crippen LogP) is 3.16. The highest BCUT2D eigenvalue weighted by molar-refractivity contribution is 7.91. The van der Waals surface area contributed by atoms with Crippen molar-refractivity contribution in [3.63, 3.8) is 0 Å². The van der Waals surface area contributed by atoms with Crippen LogP contribution in [0.3, 0.4) is 0 Å². The van der Waals surface area contributed by atoms with Gasteiger partial charge < -0.3 is 10.7 Å². The molecule has 0 spiro atoms. The molecule has 1 fully saturated rings. The first-order valence-electron chi connectivity index (χ1n) is 8.51. The standard InChI is InChI=1S/C19H17N3O3S2/c20-7-13-9-26-10-17(13)12-5-14-16(11-1-3-27(24,25)4-2-11)8-22-18(14)15(6-12)19(21)23/h5-6,8-11,22H,1-4H2,(H2,21,23). The van der Waals surface area contributed by atoms with E-state index < -0.39 is 15.7 Å². The number of nitrogens with one attached hydrogen (secondary N) is 1. The number of nitrogens with two attached hydrogens (primary N) is 1. The van der Waals surface area contributed by atoms with Gasteiger partial charge in [0.05, 0.1) is 28.1 Å². The second kappa shape index (κ2) is 6.51. The van der Waals surface area contributed by atoms with Crippen LogP contribution in [-0.2, 0) is 9.84 Å². The van der Waals surface area contributed by atoms with Crippen LogP contribution in [0.15, 0.2) is 29.1 Å². The lowest BCUT2D eigenvalue weighted by atomic mass is 9.91. The van der Waals surface area contributed by atoms with E-state index in [0.29, 0.717) is 29.5 Å². The Labute approximate surface area is 160 Å². The molecular formula is C19H17N3O3S2. The van der Waals surface area contributed by atoms with Crippen LogP contribution in [0.1, 0.15) is 40.2 Å². The number of carbonyl (C=O) groups excluding carboxylic acids is 1. The van der Waals surface area contributed by atoms with Crippen LogP contribution in [0.25, 0.3) is 22.0 Å². The molecule has 1 aliphatic rings. The molecule has 1 saturated heterocycles. The molecular weight excluding hydrogens is 382 g/mol. The van der Waals surface area contributed by atoms with E-state index in [0.717, 1.165) is 22.1 Å². The van der Waals surface area contributed by atoms with Crippen molar-refractivity contribution in [1.29, 1.82) is 5.26 Å². The van der Waals surface area contributed by atoms with Gasteiger partial charge >= 0.3 is 0 Å². The number of sulfone groups is 1. The molecule has 138 valence electrons. The first kappa shape index (κ1) is 17.8. The fourth-order valence-corrected chi connectivity index (χ4v) is 6.02. The lowest BCUT2D eigenvalue weighted by molar-refractivity contribution is 0.100. The van der Waals surface area contributed by atoms with Crippen LogP contribution < -0.4 is 5.73 Å². The molecule has 27 heavy (non-hydrogen) atoms. The Kier molecular flexibility index (Phi) is 4.29. The van der Waals surface area contributed by atoms with Crippen LogP contribution in [-0.4, -0.2) is 30.8 Å². The van der Waals surface area contributed by atoms with E-state index in [1.54, 1.807) is 11.4 Å². The van der Waals surface area contributed by atoms with Gasteiger partial charge in [0.1, 0.15) is 15.9 Å². The van der Waals surface area contributed by atoms with E-state index >= 15 is 0 Å². The zero-order valence-electron chi connectivity index (χ0n) is 14.4. The predicted molar refractivity (Wildman–Crippen MR) is 105 cm³/mol. The lowest BCUT2D eigenvalue weighted by Gasteiger charge is -2.21. The molecule has 1 amide bonds. The molecule has 1 aromatic carbocycles. The van der Waals surface area contributed by atoms with Crippen LogP contribution in [0.4, 0.5) is 0 Å². The van der Waals surface area contributed by atoms with Gasteiger partial charge in [0.15, 0.2) is 0 Å². The third-order valence-corrected chi connectivity index (χ3v) is 7.63. The summed E-state index contributed by atoms with van der Waals surface area (Å²) in [5, 5.41) is 13.8. The number of hydrogen-bond donors (Lipinski definition) is 2. The van der Waals surface area contributed by atoms with Gasteiger partial charge in [-0.25, -0.2) is 8.42 Å². The largest absolute Gasteiger partial charge is 0.366 e. The van der Waals surface area contributed by atoms with Crippen LogP contribution in [0, 0.1) is 11.3 Å². The van der Waals surface area contributed by atoms with Crippen molar-refractivity contribution < 1.29 is 13.2 Å². The smallest absolute Gasteiger partial charge is 0.250 e. The Morgan fingerprint density at radius 1 is 1.26 bits per heavy atom. The number of carbonyl (C=O) groups is 1. The zero-order chi connectivity index (χ0) is 19.2. The van der Waals surface area contributed by atoms with E-state index in [-0.39, 0.29) is 17.4 Å². The molecule has 0 atom stereocenters. The summed E-state index contributed by atoms with van der Waals surface area (Å²) in [7, 11) is -2.95. The van der Waals surface area contributed by atoms with E-state index in [4.69, 9.17) is 5.73 Å². The highest BCUT2D eigenvalue weighted by atomic mass is 32.2. The van der Waals surface area contributed by atoms with Gasteiger partial charge in [0.25, 0.3) is 5.91 Å². The number of nitriles is 1. The number of H-pyrrole nitrogens is 1. The molecule has 0 unspecified atom stereocenters. The number of aromatic nitrogens is 1. The molecule has 0 radical (unpaired) electrons. The number of fused-ring (bicyclic) bond motifs is 1. The number of nitrogens with zero attached hydrogens (tertiary/aromatic N) is 1. The number of benzene rings is 1. The lowest BCUT2D eigenvalue weighted by Crippen LogP contribution is -2.22. The maximum atomic E-state index is 12.0. The first-order chi connectivity index (χ1) is 12.9. The monoisotopic (exact) mass is 399 g/mol. The van der Waals surface area contributed by atoms with E-state index in [1.807, 2.05) is 17.6 Å². The van der Waals surface area contributed by atoms with Crippen molar-refractivity contribution in [1.82, 2.24) is 4.98 Å². The quantitative estimate of drug-likeness (QED) is 0.703. The van der Waals surface area contributed by atoms with Gasteiger partial charge in [0.2, 0.25) is 0 Å². The van der Waals surface area contributed by atoms with E-state index in [1.165, 1.54) is 11.3 Å². The zero-order valence-corrected chi connectivity index (χ0v) is 16.0. The Bertz CT molecular complexity index is 1180. The summed E-state index contributed by atoms with van der Waals surface area (Å²) in [5.74, 6) is -0.0857.